The van der Waals surface area contributed by atoms with E-state index in [1.54, 1.807) is 0 Å². The van der Waals surface area contributed by atoms with Crippen LogP contribution in [0.2, 0.25) is 5.02 Å². The fourth-order valence-electron chi connectivity index (χ4n) is 2.15. The molecule has 0 N–H and O–H groups in total. The average Bonchev–Trinajstić information content (AvgIpc) is 2.77. The van der Waals surface area contributed by atoms with Crippen LogP contribution in [-0.4, -0.2) is 29.3 Å². The van der Waals surface area contributed by atoms with Crippen LogP contribution in [0.3, 0.4) is 0 Å². The lowest BCUT2D eigenvalue weighted by molar-refractivity contribution is 0.270. The van der Waals surface area contributed by atoms with Crippen molar-refractivity contribution in [2.24, 2.45) is 10.2 Å². The van der Waals surface area contributed by atoms with Gasteiger partial charge in [-0.05, 0) is 62.7 Å². The summed E-state index contributed by atoms with van der Waals surface area (Å²) in [6.45, 7) is 5.54. The third-order valence-electron chi connectivity index (χ3n) is 3.22. The molecule has 0 bridgehead atoms. The van der Waals surface area contributed by atoms with Crippen molar-refractivity contribution in [2.75, 3.05) is 13.2 Å². The van der Waals surface area contributed by atoms with E-state index in [1.165, 1.54) is 0 Å². The molecule has 108 valence electrons. The Hall–Kier alpha value is -1.20. The number of azo groups is 1. The van der Waals surface area contributed by atoms with Gasteiger partial charge in [0.2, 0.25) is 5.11 Å². The van der Waals surface area contributed by atoms with Crippen LogP contribution >= 0.6 is 23.8 Å². The second-order valence-electron chi connectivity index (χ2n) is 4.67. The van der Waals surface area contributed by atoms with E-state index in [0.717, 1.165) is 35.7 Å². The van der Waals surface area contributed by atoms with Gasteiger partial charge in [0.1, 0.15) is 11.9 Å². The topological polar surface area (TPSA) is 37.2 Å². The third-order valence-corrected chi connectivity index (χ3v) is 3.78. The maximum Gasteiger partial charge on any atom is 0.217 e. The lowest BCUT2D eigenvalue weighted by atomic mass is 10.2. The summed E-state index contributed by atoms with van der Waals surface area (Å²) in [5.41, 5.74) is 1.05. The van der Waals surface area contributed by atoms with Crippen molar-refractivity contribution in [1.29, 1.82) is 0 Å². The number of hydrogen-bond donors (Lipinski definition) is 0. The number of ether oxygens (including phenoxy) is 1. The molecule has 1 unspecified atom stereocenters. The first-order chi connectivity index (χ1) is 9.61. The van der Waals surface area contributed by atoms with Crippen molar-refractivity contribution in [3.05, 3.63) is 28.8 Å². The van der Waals surface area contributed by atoms with E-state index in [-0.39, 0.29) is 6.17 Å². The number of halogens is 1. The molecule has 0 saturated heterocycles. The van der Waals surface area contributed by atoms with Crippen LogP contribution < -0.4 is 4.74 Å². The largest absolute Gasteiger partial charge is 0.493 e. The summed E-state index contributed by atoms with van der Waals surface area (Å²) < 4.78 is 5.77. The minimum absolute atomic E-state index is 0.0717. The Balaban J connectivity index is 1.77. The zero-order valence-corrected chi connectivity index (χ0v) is 13.2. The smallest absolute Gasteiger partial charge is 0.217 e. The van der Waals surface area contributed by atoms with Crippen molar-refractivity contribution >= 4 is 28.9 Å². The number of hydrogen-bond acceptors (Lipinski definition) is 3. The van der Waals surface area contributed by atoms with Crippen molar-refractivity contribution in [1.82, 2.24) is 4.90 Å². The van der Waals surface area contributed by atoms with E-state index in [4.69, 9.17) is 28.6 Å². The van der Waals surface area contributed by atoms with Gasteiger partial charge in [-0.1, -0.05) is 11.6 Å². The predicted octanol–water partition coefficient (Wildman–Crippen LogP) is 4.21. The number of thiocarbonyl (C=S) groups is 1. The number of nitrogens with zero attached hydrogens (tertiary/aromatic N) is 3. The third kappa shape index (κ3) is 3.67. The molecule has 0 spiro atoms. The molecule has 1 aliphatic rings. The molecule has 0 aromatic heterocycles. The molecule has 1 aromatic carbocycles. The molecule has 1 aromatic rings. The SMILES string of the molecule is CCN1C(=S)N=NC1CCCOc1ccc(Cl)cc1C. The van der Waals surface area contributed by atoms with Crippen LogP contribution in [0.25, 0.3) is 0 Å². The Kier molecular flexibility index (Phi) is 5.31. The highest BCUT2D eigenvalue weighted by atomic mass is 35.5. The fourth-order valence-corrected chi connectivity index (χ4v) is 2.67. The quantitative estimate of drug-likeness (QED) is 0.583. The van der Waals surface area contributed by atoms with E-state index in [9.17, 15) is 0 Å². The molecule has 2 rings (SSSR count). The van der Waals surface area contributed by atoms with E-state index >= 15 is 0 Å². The average molecular weight is 312 g/mol. The molecule has 1 aliphatic heterocycles. The molecule has 0 radical (unpaired) electrons. The van der Waals surface area contributed by atoms with Gasteiger partial charge in [0.25, 0.3) is 0 Å². The molecular weight excluding hydrogens is 294 g/mol. The first-order valence-electron chi connectivity index (χ1n) is 6.72. The Morgan fingerprint density at radius 2 is 2.25 bits per heavy atom. The van der Waals surface area contributed by atoms with Crippen LogP contribution in [0, 0.1) is 6.92 Å². The van der Waals surface area contributed by atoms with Crippen LogP contribution in [0.1, 0.15) is 25.3 Å². The summed E-state index contributed by atoms with van der Waals surface area (Å²) in [7, 11) is 0. The maximum atomic E-state index is 5.91. The Morgan fingerprint density at radius 3 is 2.95 bits per heavy atom. The normalized spacial score (nSPS) is 17.9. The van der Waals surface area contributed by atoms with Crippen LogP contribution in [-0.2, 0) is 0 Å². The zero-order chi connectivity index (χ0) is 14.5. The highest BCUT2D eigenvalue weighted by Gasteiger charge is 2.24. The Bertz CT molecular complexity index is 521. The van der Waals surface area contributed by atoms with Crippen LogP contribution in [0.15, 0.2) is 28.4 Å². The van der Waals surface area contributed by atoms with E-state index < -0.39 is 0 Å². The summed E-state index contributed by atoms with van der Waals surface area (Å²) >= 11 is 11.0. The summed E-state index contributed by atoms with van der Waals surface area (Å²) in [5.74, 6) is 0.880. The summed E-state index contributed by atoms with van der Waals surface area (Å²) in [4.78, 5) is 2.03. The summed E-state index contributed by atoms with van der Waals surface area (Å²) in [6.07, 6.45) is 1.87. The number of benzene rings is 1. The summed E-state index contributed by atoms with van der Waals surface area (Å²) in [5, 5.41) is 9.46. The predicted molar refractivity (Wildman–Crippen MR) is 84.5 cm³/mol. The first kappa shape index (κ1) is 15.2. The fraction of sp³-hybridized carbons (Fsp3) is 0.500. The monoisotopic (exact) mass is 311 g/mol. The van der Waals surface area contributed by atoms with Crippen molar-refractivity contribution < 1.29 is 4.74 Å². The van der Waals surface area contributed by atoms with Gasteiger partial charge in [0.15, 0.2) is 0 Å². The number of rotatable bonds is 6. The minimum atomic E-state index is 0.0717. The molecule has 0 aliphatic carbocycles. The molecule has 0 fully saturated rings. The van der Waals surface area contributed by atoms with Gasteiger partial charge in [-0.3, -0.25) is 0 Å². The molecule has 0 saturated carbocycles. The molecule has 0 amide bonds. The van der Waals surface area contributed by atoms with Gasteiger partial charge in [-0.15, -0.1) is 5.11 Å². The van der Waals surface area contributed by atoms with E-state index in [1.807, 2.05) is 30.0 Å². The van der Waals surface area contributed by atoms with Crippen molar-refractivity contribution in [2.45, 2.75) is 32.9 Å². The Morgan fingerprint density at radius 1 is 1.45 bits per heavy atom. The molecule has 1 atom stereocenters. The van der Waals surface area contributed by atoms with Gasteiger partial charge in [0.05, 0.1) is 6.61 Å². The van der Waals surface area contributed by atoms with Gasteiger partial charge < -0.3 is 9.64 Å². The lowest BCUT2D eigenvalue weighted by Gasteiger charge is -2.20. The molecule has 1 heterocycles. The maximum absolute atomic E-state index is 5.91. The molecule has 20 heavy (non-hydrogen) atoms. The zero-order valence-electron chi connectivity index (χ0n) is 11.7. The number of aryl methyl sites for hydroxylation is 1. The van der Waals surface area contributed by atoms with Crippen LogP contribution in [0.5, 0.6) is 5.75 Å². The first-order valence-corrected chi connectivity index (χ1v) is 7.51. The molecular formula is C14H18ClN3OS. The van der Waals surface area contributed by atoms with Gasteiger partial charge >= 0.3 is 0 Å². The minimum Gasteiger partial charge on any atom is -0.493 e. The van der Waals surface area contributed by atoms with Crippen molar-refractivity contribution in [3.63, 3.8) is 0 Å². The van der Waals surface area contributed by atoms with E-state index in [2.05, 4.69) is 17.2 Å². The highest BCUT2D eigenvalue weighted by Crippen LogP contribution is 2.22. The lowest BCUT2D eigenvalue weighted by Crippen LogP contribution is -2.32. The molecule has 4 nitrogen and oxygen atoms in total. The van der Waals surface area contributed by atoms with Crippen LogP contribution in [0.4, 0.5) is 0 Å². The second kappa shape index (κ2) is 6.99. The van der Waals surface area contributed by atoms with Gasteiger partial charge in [-0.25, -0.2) is 0 Å². The standard InChI is InChI=1S/C14H18ClN3OS/c1-3-18-13(16-17-14(18)20)5-4-8-19-12-7-6-11(15)9-10(12)2/h6-7,9,13H,3-5,8H2,1-2H3. The van der Waals surface area contributed by atoms with Gasteiger partial charge in [0, 0.05) is 11.6 Å². The summed E-state index contributed by atoms with van der Waals surface area (Å²) in [6, 6.07) is 5.64. The van der Waals surface area contributed by atoms with Crippen molar-refractivity contribution in [3.8, 4) is 5.75 Å². The molecule has 6 heteroatoms. The Labute approximate surface area is 129 Å². The second-order valence-corrected chi connectivity index (χ2v) is 5.47. The highest BCUT2D eigenvalue weighted by molar-refractivity contribution is 7.80. The van der Waals surface area contributed by atoms with Gasteiger partial charge in [-0.2, -0.15) is 5.11 Å². The van der Waals surface area contributed by atoms with E-state index in [0.29, 0.717) is 11.7 Å².